The van der Waals surface area contributed by atoms with E-state index in [-0.39, 0.29) is 5.82 Å². The Kier molecular flexibility index (Phi) is 3.78. The molecule has 108 valence electrons. The van der Waals surface area contributed by atoms with Crippen molar-refractivity contribution in [1.82, 2.24) is 9.55 Å². The van der Waals surface area contributed by atoms with Crippen LogP contribution in [0.15, 0.2) is 40.9 Å². The molecule has 0 bridgehead atoms. The van der Waals surface area contributed by atoms with Gasteiger partial charge in [0, 0.05) is 17.6 Å². The van der Waals surface area contributed by atoms with Gasteiger partial charge in [-0.25, -0.2) is 9.37 Å². The molecule has 1 aromatic heterocycles. The number of fused-ring (bicyclic) bond motifs is 1. The Bertz CT molecular complexity index is 811. The van der Waals surface area contributed by atoms with Gasteiger partial charge >= 0.3 is 0 Å². The molecule has 0 saturated carbocycles. The van der Waals surface area contributed by atoms with Gasteiger partial charge in [-0.2, -0.15) is 0 Å². The average molecular weight is 348 g/mol. The summed E-state index contributed by atoms with van der Waals surface area (Å²) in [6.45, 7) is 3.22. The second-order valence-corrected chi connectivity index (χ2v) is 5.75. The van der Waals surface area contributed by atoms with Crippen LogP contribution < -0.4 is 5.73 Å². The van der Waals surface area contributed by atoms with Gasteiger partial charge in [-0.15, -0.1) is 0 Å². The highest BCUT2D eigenvalue weighted by molar-refractivity contribution is 9.10. The van der Waals surface area contributed by atoms with Crippen molar-refractivity contribution in [3.05, 3.63) is 52.3 Å². The Morgan fingerprint density at radius 1 is 1.24 bits per heavy atom. The average Bonchev–Trinajstić information content (AvgIpc) is 2.84. The third-order valence-corrected chi connectivity index (χ3v) is 4.03. The van der Waals surface area contributed by atoms with Crippen molar-refractivity contribution >= 4 is 27.0 Å². The van der Waals surface area contributed by atoms with Crippen molar-refractivity contribution in [3.8, 4) is 11.4 Å². The summed E-state index contributed by atoms with van der Waals surface area (Å²) in [5, 5.41) is 0. The van der Waals surface area contributed by atoms with E-state index in [1.54, 1.807) is 6.07 Å². The van der Waals surface area contributed by atoms with Gasteiger partial charge in [0.1, 0.15) is 11.6 Å². The molecule has 0 atom stereocenters. The van der Waals surface area contributed by atoms with Crippen LogP contribution in [0.5, 0.6) is 0 Å². The van der Waals surface area contributed by atoms with E-state index in [4.69, 9.17) is 5.73 Å². The summed E-state index contributed by atoms with van der Waals surface area (Å²) in [5.41, 5.74) is 9.03. The summed E-state index contributed by atoms with van der Waals surface area (Å²) in [6, 6.07) is 11.0. The Morgan fingerprint density at radius 2 is 2.05 bits per heavy atom. The number of benzene rings is 2. The third kappa shape index (κ3) is 2.47. The summed E-state index contributed by atoms with van der Waals surface area (Å²) in [7, 11) is 0. The molecule has 21 heavy (non-hydrogen) atoms. The van der Waals surface area contributed by atoms with Crippen molar-refractivity contribution in [1.29, 1.82) is 0 Å². The maximum Gasteiger partial charge on any atom is 0.144 e. The highest BCUT2D eigenvalue weighted by Crippen LogP contribution is 2.29. The van der Waals surface area contributed by atoms with Gasteiger partial charge < -0.3 is 10.3 Å². The van der Waals surface area contributed by atoms with E-state index >= 15 is 0 Å². The molecule has 5 heteroatoms. The van der Waals surface area contributed by atoms with Gasteiger partial charge in [0.25, 0.3) is 0 Å². The lowest BCUT2D eigenvalue weighted by Gasteiger charge is -2.07. The molecule has 2 N–H and O–H groups in total. The predicted octanol–water partition coefficient (Wildman–Crippen LogP) is 4.08. The van der Waals surface area contributed by atoms with Crippen molar-refractivity contribution in [3.63, 3.8) is 0 Å². The van der Waals surface area contributed by atoms with Crippen LogP contribution in [0.4, 0.5) is 4.39 Å². The molecule has 3 nitrogen and oxygen atoms in total. The number of halogens is 2. The molecule has 0 saturated heterocycles. The second-order valence-electron chi connectivity index (χ2n) is 4.83. The number of rotatable bonds is 3. The summed E-state index contributed by atoms with van der Waals surface area (Å²) in [4.78, 5) is 4.60. The predicted molar refractivity (Wildman–Crippen MR) is 86.4 cm³/mol. The monoisotopic (exact) mass is 347 g/mol. The van der Waals surface area contributed by atoms with Gasteiger partial charge in [-0.3, -0.25) is 0 Å². The number of aryl methyl sites for hydroxylation is 1. The van der Waals surface area contributed by atoms with Crippen LogP contribution in [0, 0.1) is 5.82 Å². The lowest BCUT2D eigenvalue weighted by molar-refractivity contribution is 0.627. The van der Waals surface area contributed by atoms with Crippen LogP contribution in [0.25, 0.3) is 22.4 Å². The zero-order valence-electron chi connectivity index (χ0n) is 11.6. The molecule has 0 spiro atoms. The van der Waals surface area contributed by atoms with Crippen molar-refractivity contribution in [2.24, 2.45) is 5.73 Å². The number of nitrogens with zero attached hydrogens (tertiary/aromatic N) is 2. The summed E-state index contributed by atoms with van der Waals surface area (Å²) in [6.07, 6.45) is 0. The van der Waals surface area contributed by atoms with Gasteiger partial charge in [-0.05, 0) is 42.8 Å². The van der Waals surface area contributed by atoms with Crippen LogP contribution in [-0.2, 0) is 13.1 Å². The molecule has 0 aliphatic heterocycles. The molecular formula is C16H15BrFN3. The molecule has 3 aromatic rings. The first-order valence-corrected chi connectivity index (χ1v) is 7.58. The van der Waals surface area contributed by atoms with Gasteiger partial charge in [0.15, 0.2) is 0 Å². The standard InChI is InChI=1S/C16H15BrFN3/c1-2-21-15-6-3-10(9-19)7-14(15)20-16(21)12-5-4-11(17)8-13(12)18/h3-8H,2,9,19H2,1H3. The third-order valence-electron chi connectivity index (χ3n) is 3.54. The molecule has 0 unspecified atom stereocenters. The number of nitrogens with two attached hydrogens (primary N) is 1. The molecule has 0 radical (unpaired) electrons. The largest absolute Gasteiger partial charge is 0.326 e. The Morgan fingerprint density at radius 3 is 2.71 bits per heavy atom. The van der Waals surface area contributed by atoms with Crippen LogP contribution in [-0.4, -0.2) is 9.55 Å². The SMILES string of the molecule is CCn1c(-c2ccc(Br)cc2F)nc2cc(CN)ccc21. The topological polar surface area (TPSA) is 43.8 Å². The normalized spacial score (nSPS) is 11.2. The minimum atomic E-state index is -0.284. The van der Waals surface area contributed by atoms with E-state index in [2.05, 4.69) is 20.9 Å². The lowest BCUT2D eigenvalue weighted by atomic mass is 10.2. The van der Waals surface area contributed by atoms with Gasteiger partial charge in [-0.1, -0.05) is 22.0 Å². The van der Waals surface area contributed by atoms with Crippen LogP contribution in [0.3, 0.4) is 0 Å². The summed E-state index contributed by atoms with van der Waals surface area (Å²) in [5.74, 6) is 0.361. The minimum Gasteiger partial charge on any atom is -0.326 e. The molecule has 0 aliphatic carbocycles. The van der Waals surface area contributed by atoms with Gasteiger partial charge in [0.05, 0.1) is 16.6 Å². The fraction of sp³-hybridized carbons (Fsp3) is 0.188. The molecule has 0 aliphatic rings. The van der Waals surface area contributed by atoms with E-state index in [9.17, 15) is 4.39 Å². The van der Waals surface area contributed by atoms with Crippen LogP contribution >= 0.6 is 15.9 Å². The Hall–Kier alpha value is -1.72. The van der Waals surface area contributed by atoms with Crippen molar-refractivity contribution in [2.45, 2.75) is 20.0 Å². The van der Waals surface area contributed by atoms with E-state index in [1.807, 2.05) is 35.8 Å². The maximum absolute atomic E-state index is 14.2. The van der Waals surface area contributed by atoms with Crippen molar-refractivity contribution in [2.75, 3.05) is 0 Å². The zero-order valence-corrected chi connectivity index (χ0v) is 13.2. The van der Waals surface area contributed by atoms with Gasteiger partial charge in [0.2, 0.25) is 0 Å². The maximum atomic E-state index is 14.2. The van der Waals surface area contributed by atoms with Crippen molar-refractivity contribution < 1.29 is 4.39 Å². The summed E-state index contributed by atoms with van der Waals surface area (Å²) < 4.78 is 17.0. The fourth-order valence-electron chi connectivity index (χ4n) is 2.50. The minimum absolute atomic E-state index is 0.284. The highest BCUT2D eigenvalue weighted by atomic mass is 79.9. The molecular weight excluding hydrogens is 333 g/mol. The Balaban J connectivity index is 2.26. The molecule has 1 heterocycles. The fourth-order valence-corrected chi connectivity index (χ4v) is 2.83. The number of aromatic nitrogens is 2. The molecule has 2 aromatic carbocycles. The number of imidazole rings is 1. The number of hydrogen-bond donors (Lipinski definition) is 1. The quantitative estimate of drug-likeness (QED) is 0.775. The Labute approximate surface area is 130 Å². The molecule has 0 amide bonds. The second kappa shape index (κ2) is 5.58. The first kappa shape index (κ1) is 14.2. The first-order valence-electron chi connectivity index (χ1n) is 6.78. The zero-order chi connectivity index (χ0) is 15.0. The summed E-state index contributed by atoms with van der Waals surface area (Å²) >= 11 is 3.28. The highest BCUT2D eigenvalue weighted by Gasteiger charge is 2.15. The number of hydrogen-bond acceptors (Lipinski definition) is 2. The molecule has 0 fully saturated rings. The lowest BCUT2D eigenvalue weighted by Crippen LogP contribution is -1.99. The van der Waals surface area contributed by atoms with E-state index in [1.165, 1.54) is 6.07 Å². The van der Waals surface area contributed by atoms with E-state index < -0.39 is 0 Å². The molecule has 3 rings (SSSR count). The van der Waals surface area contributed by atoms with E-state index in [0.29, 0.717) is 22.4 Å². The first-order chi connectivity index (χ1) is 10.1. The smallest absolute Gasteiger partial charge is 0.144 e. The van der Waals surface area contributed by atoms with Crippen LogP contribution in [0.2, 0.25) is 0 Å². The van der Waals surface area contributed by atoms with E-state index in [0.717, 1.165) is 23.1 Å². The van der Waals surface area contributed by atoms with Crippen LogP contribution in [0.1, 0.15) is 12.5 Å².